The standard InChI is InChI=1S/C10H11ClFNO4S/c1-7(5-11)6-18(16,17)9-4-2-3-8(12)10(9)13(14)15/h2-4,7H,5-6H2,1H3. The highest BCUT2D eigenvalue weighted by atomic mass is 35.5. The monoisotopic (exact) mass is 295 g/mol. The number of sulfone groups is 1. The van der Waals surface area contributed by atoms with Gasteiger partial charge in [-0.3, -0.25) is 10.1 Å². The lowest BCUT2D eigenvalue weighted by Crippen LogP contribution is -2.17. The van der Waals surface area contributed by atoms with Gasteiger partial charge < -0.3 is 0 Å². The van der Waals surface area contributed by atoms with Gasteiger partial charge in [-0.05, 0) is 18.1 Å². The summed E-state index contributed by atoms with van der Waals surface area (Å²) in [7, 11) is -3.94. The summed E-state index contributed by atoms with van der Waals surface area (Å²) in [6, 6.07) is 3.00. The SMILES string of the molecule is CC(CCl)CS(=O)(=O)c1cccc(F)c1[N+](=O)[O-]. The Balaban J connectivity index is 3.33. The Bertz CT molecular complexity index is 561. The second-order valence-corrected chi connectivity index (χ2v) is 6.20. The molecule has 0 aromatic heterocycles. The zero-order valence-electron chi connectivity index (χ0n) is 9.47. The number of hydrogen-bond donors (Lipinski definition) is 0. The molecule has 0 aliphatic carbocycles. The number of halogens is 2. The van der Waals surface area contributed by atoms with Crippen LogP contribution >= 0.6 is 11.6 Å². The van der Waals surface area contributed by atoms with E-state index in [0.717, 1.165) is 18.2 Å². The van der Waals surface area contributed by atoms with Gasteiger partial charge >= 0.3 is 5.69 Å². The summed E-state index contributed by atoms with van der Waals surface area (Å²) in [5.74, 6) is -1.80. The molecule has 1 aromatic rings. The van der Waals surface area contributed by atoms with Crippen LogP contribution in [0.1, 0.15) is 6.92 Å². The van der Waals surface area contributed by atoms with E-state index in [2.05, 4.69) is 0 Å². The average Bonchev–Trinajstić information content (AvgIpc) is 2.27. The van der Waals surface area contributed by atoms with Crippen molar-refractivity contribution in [2.45, 2.75) is 11.8 Å². The highest BCUT2D eigenvalue weighted by molar-refractivity contribution is 7.91. The van der Waals surface area contributed by atoms with E-state index in [0.29, 0.717) is 0 Å². The maximum absolute atomic E-state index is 13.3. The fraction of sp³-hybridized carbons (Fsp3) is 0.400. The lowest BCUT2D eigenvalue weighted by molar-refractivity contribution is -0.390. The summed E-state index contributed by atoms with van der Waals surface area (Å²) >= 11 is 5.51. The van der Waals surface area contributed by atoms with E-state index in [4.69, 9.17) is 11.6 Å². The van der Waals surface area contributed by atoms with Crippen molar-refractivity contribution in [3.8, 4) is 0 Å². The minimum absolute atomic E-state index is 0.0995. The molecule has 5 nitrogen and oxygen atoms in total. The van der Waals surface area contributed by atoms with Crippen molar-refractivity contribution in [2.24, 2.45) is 5.92 Å². The lowest BCUT2D eigenvalue weighted by Gasteiger charge is -2.09. The molecule has 0 N–H and O–H groups in total. The first-order valence-corrected chi connectivity index (χ1v) is 7.20. The molecule has 100 valence electrons. The van der Waals surface area contributed by atoms with Crippen LogP contribution < -0.4 is 0 Å². The molecule has 0 aliphatic heterocycles. The van der Waals surface area contributed by atoms with Crippen molar-refractivity contribution in [3.05, 3.63) is 34.1 Å². The molecule has 1 unspecified atom stereocenters. The molecule has 0 saturated carbocycles. The predicted octanol–water partition coefficient (Wildman–Crippen LogP) is 2.38. The van der Waals surface area contributed by atoms with E-state index in [1.54, 1.807) is 6.92 Å². The van der Waals surface area contributed by atoms with Gasteiger partial charge in [0.25, 0.3) is 0 Å². The summed E-state index contributed by atoms with van der Waals surface area (Å²) in [4.78, 5) is 9.08. The van der Waals surface area contributed by atoms with Crippen molar-refractivity contribution >= 4 is 27.1 Å². The van der Waals surface area contributed by atoms with Gasteiger partial charge in [-0.15, -0.1) is 11.6 Å². The van der Waals surface area contributed by atoms with Crippen LogP contribution in [0.15, 0.2) is 23.1 Å². The van der Waals surface area contributed by atoms with Gasteiger partial charge in [0.05, 0.1) is 10.7 Å². The molecule has 0 amide bonds. The first-order valence-electron chi connectivity index (χ1n) is 5.01. The quantitative estimate of drug-likeness (QED) is 0.475. The number of nitro groups is 1. The van der Waals surface area contributed by atoms with Crippen molar-refractivity contribution in [2.75, 3.05) is 11.6 Å². The molecule has 0 heterocycles. The highest BCUT2D eigenvalue weighted by Gasteiger charge is 2.30. The fourth-order valence-corrected chi connectivity index (χ4v) is 3.47. The number of alkyl halides is 1. The molecule has 1 aromatic carbocycles. The molecule has 0 radical (unpaired) electrons. The van der Waals surface area contributed by atoms with Crippen LogP contribution in [-0.2, 0) is 9.84 Å². The minimum atomic E-state index is -3.94. The molecular formula is C10H11ClFNO4S. The molecule has 1 rings (SSSR count). The normalized spacial score (nSPS) is 13.3. The van der Waals surface area contributed by atoms with Crippen LogP contribution in [0.3, 0.4) is 0 Å². The number of nitro benzene ring substituents is 1. The van der Waals surface area contributed by atoms with E-state index >= 15 is 0 Å². The molecule has 18 heavy (non-hydrogen) atoms. The third kappa shape index (κ3) is 3.17. The van der Waals surface area contributed by atoms with Crippen molar-refractivity contribution in [1.29, 1.82) is 0 Å². The zero-order chi connectivity index (χ0) is 13.9. The maximum atomic E-state index is 13.3. The number of rotatable bonds is 5. The van der Waals surface area contributed by atoms with Crippen LogP contribution in [0.2, 0.25) is 0 Å². The second-order valence-electron chi connectivity index (χ2n) is 3.88. The van der Waals surface area contributed by atoms with E-state index < -0.39 is 31.2 Å². The third-order valence-corrected chi connectivity index (χ3v) is 4.77. The van der Waals surface area contributed by atoms with Crippen LogP contribution in [-0.4, -0.2) is 25.0 Å². The van der Waals surface area contributed by atoms with Crippen molar-refractivity contribution in [1.82, 2.24) is 0 Å². The Labute approximate surface area is 109 Å². The predicted molar refractivity (Wildman–Crippen MR) is 65.0 cm³/mol. The first kappa shape index (κ1) is 14.8. The van der Waals surface area contributed by atoms with Gasteiger partial charge in [-0.25, -0.2) is 8.42 Å². The number of nitrogens with zero attached hydrogens (tertiary/aromatic N) is 1. The Morgan fingerprint density at radius 2 is 2.11 bits per heavy atom. The molecule has 0 saturated heterocycles. The fourth-order valence-electron chi connectivity index (χ4n) is 1.43. The summed E-state index contributed by atoms with van der Waals surface area (Å²) in [6.45, 7) is 1.59. The molecule has 1 atom stereocenters. The van der Waals surface area contributed by atoms with E-state index in [1.807, 2.05) is 0 Å². The summed E-state index contributed by atoms with van der Waals surface area (Å²) < 4.78 is 37.2. The molecule has 0 aliphatic rings. The summed E-state index contributed by atoms with van der Waals surface area (Å²) in [6.07, 6.45) is 0. The molecule has 0 fully saturated rings. The molecule has 0 bridgehead atoms. The molecule has 0 spiro atoms. The molecular weight excluding hydrogens is 285 g/mol. The van der Waals surface area contributed by atoms with Crippen molar-refractivity contribution < 1.29 is 17.7 Å². The van der Waals surface area contributed by atoms with Crippen LogP contribution in [0.4, 0.5) is 10.1 Å². The van der Waals surface area contributed by atoms with E-state index in [9.17, 15) is 22.9 Å². The van der Waals surface area contributed by atoms with Gasteiger partial charge in [-0.1, -0.05) is 13.0 Å². The lowest BCUT2D eigenvalue weighted by atomic mass is 10.3. The Morgan fingerprint density at radius 1 is 1.50 bits per heavy atom. The van der Waals surface area contributed by atoms with Gasteiger partial charge in [-0.2, -0.15) is 4.39 Å². The number of para-hydroxylation sites is 1. The van der Waals surface area contributed by atoms with E-state index in [-0.39, 0.29) is 17.6 Å². The number of benzene rings is 1. The topological polar surface area (TPSA) is 77.3 Å². The highest BCUT2D eigenvalue weighted by Crippen LogP contribution is 2.28. The minimum Gasteiger partial charge on any atom is -0.258 e. The van der Waals surface area contributed by atoms with Gasteiger partial charge in [0.15, 0.2) is 9.84 Å². The maximum Gasteiger partial charge on any atom is 0.323 e. The summed E-state index contributed by atoms with van der Waals surface area (Å²) in [5.41, 5.74) is -1.01. The largest absolute Gasteiger partial charge is 0.323 e. The van der Waals surface area contributed by atoms with Crippen LogP contribution in [0.25, 0.3) is 0 Å². The Hall–Kier alpha value is -1.21. The Kier molecular flexibility index (Phi) is 4.64. The van der Waals surface area contributed by atoms with Crippen LogP contribution in [0, 0.1) is 21.8 Å². The third-order valence-electron chi connectivity index (χ3n) is 2.23. The van der Waals surface area contributed by atoms with Gasteiger partial charge in [0, 0.05) is 5.88 Å². The van der Waals surface area contributed by atoms with E-state index in [1.165, 1.54) is 0 Å². The summed E-state index contributed by atoms with van der Waals surface area (Å²) in [5, 5.41) is 10.7. The Morgan fingerprint density at radius 3 is 2.61 bits per heavy atom. The molecule has 8 heteroatoms. The van der Waals surface area contributed by atoms with Gasteiger partial charge in [0.2, 0.25) is 5.82 Å². The average molecular weight is 296 g/mol. The number of hydrogen-bond acceptors (Lipinski definition) is 4. The van der Waals surface area contributed by atoms with Crippen molar-refractivity contribution in [3.63, 3.8) is 0 Å². The zero-order valence-corrected chi connectivity index (χ0v) is 11.0. The smallest absolute Gasteiger partial charge is 0.258 e. The van der Waals surface area contributed by atoms with Crippen LogP contribution in [0.5, 0.6) is 0 Å². The first-order chi connectivity index (χ1) is 8.29. The second kappa shape index (κ2) is 5.62. The van der Waals surface area contributed by atoms with Gasteiger partial charge in [0.1, 0.15) is 4.90 Å².